The van der Waals surface area contributed by atoms with Crippen LogP contribution in [-0.2, 0) is 0 Å². The van der Waals surface area contributed by atoms with E-state index in [2.05, 4.69) is 40.6 Å². The van der Waals surface area contributed by atoms with Crippen molar-refractivity contribution in [1.29, 1.82) is 0 Å². The van der Waals surface area contributed by atoms with E-state index in [9.17, 15) is 9.90 Å². The van der Waals surface area contributed by atoms with E-state index in [0.29, 0.717) is 11.3 Å². The quantitative estimate of drug-likeness (QED) is 0.589. The highest BCUT2D eigenvalue weighted by Crippen LogP contribution is 2.34. The first-order chi connectivity index (χ1) is 12.0. The number of fused-ring (bicyclic) bond motifs is 1. The number of thiophene rings is 1. The molecule has 0 aromatic carbocycles. The Kier molecular flexibility index (Phi) is 3.36. The molecule has 8 heteroatoms. The summed E-state index contributed by atoms with van der Waals surface area (Å²) in [6, 6.07) is 7.99. The van der Waals surface area contributed by atoms with Crippen molar-refractivity contribution in [1.82, 2.24) is 19.2 Å². The molecule has 0 spiro atoms. The zero-order valence-electron chi connectivity index (χ0n) is 13.6. The maximum atomic E-state index is 11.2. The van der Waals surface area contributed by atoms with Crippen LogP contribution in [0.2, 0.25) is 0 Å². The van der Waals surface area contributed by atoms with Crippen LogP contribution in [0.4, 0.5) is 5.82 Å². The second-order valence-electron chi connectivity index (χ2n) is 5.75. The number of aryl methyl sites for hydroxylation is 2. The predicted octanol–water partition coefficient (Wildman–Crippen LogP) is 3.15. The van der Waals surface area contributed by atoms with Crippen LogP contribution < -0.4 is 5.73 Å². The average Bonchev–Trinajstić information content (AvgIpc) is 3.25. The Morgan fingerprint density at radius 3 is 2.64 bits per heavy atom. The summed E-state index contributed by atoms with van der Waals surface area (Å²) in [5.74, 6) is -1.06. The molecule has 0 fully saturated rings. The van der Waals surface area contributed by atoms with Crippen LogP contribution in [-0.4, -0.2) is 30.2 Å². The first-order valence-corrected chi connectivity index (χ1v) is 8.46. The number of carboxylic acids is 1. The molecule has 4 rings (SSSR count). The fourth-order valence-corrected chi connectivity index (χ4v) is 3.78. The van der Waals surface area contributed by atoms with Crippen LogP contribution in [0.25, 0.3) is 21.9 Å². The maximum Gasteiger partial charge on any atom is 0.341 e. The molecule has 0 saturated heterocycles. The van der Waals surface area contributed by atoms with E-state index in [1.165, 1.54) is 10.7 Å². The number of aromatic carboxylic acids is 1. The van der Waals surface area contributed by atoms with Gasteiger partial charge < -0.3 is 15.4 Å². The third kappa shape index (κ3) is 2.30. The second-order valence-corrected chi connectivity index (χ2v) is 6.66. The van der Waals surface area contributed by atoms with E-state index in [0.717, 1.165) is 22.0 Å². The molecule has 0 aliphatic heterocycles. The molecule has 0 unspecified atom stereocenters. The Morgan fingerprint density at radius 2 is 1.96 bits per heavy atom. The van der Waals surface area contributed by atoms with Crippen molar-refractivity contribution in [2.75, 3.05) is 5.73 Å². The number of hydrogen-bond donors (Lipinski definition) is 2. The van der Waals surface area contributed by atoms with Gasteiger partial charge in [-0.3, -0.25) is 0 Å². The highest BCUT2D eigenvalue weighted by molar-refractivity contribution is 7.14. The van der Waals surface area contributed by atoms with Crippen molar-refractivity contribution in [3.63, 3.8) is 0 Å². The number of aromatic nitrogens is 4. The predicted molar refractivity (Wildman–Crippen MR) is 96.5 cm³/mol. The highest BCUT2D eigenvalue weighted by Gasteiger charge is 2.18. The summed E-state index contributed by atoms with van der Waals surface area (Å²) in [6.45, 7) is 4.10. The normalized spacial score (nSPS) is 11.3. The molecule has 7 nitrogen and oxygen atoms in total. The summed E-state index contributed by atoms with van der Waals surface area (Å²) in [5.41, 5.74) is 10.4. The van der Waals surface area contributed by atoms with Gasteiger partial charge in [0.2, 0.25) is 0 Å². The summed E-state index contributed by atoms with van der Waals surface area (Å²) < 4.78 is 3.53. The topological polar surface area (TPSA) is 98.4 Å². The number of nitrogens with two attached hydrogens (primary N) is 1. The third-order valence-electron chi connectivity index (χ3n) is 4.14. The van der Waals surface area contributed by atoms with Crippen LogP contribution in [0.15, 0.2) is 35.8 Å². The molecule has 0 radical (unpaired) electrons. The molecule has 25 heavy (non-hydrogen) atoms. The van der Waals surface area contributed by atoms with Crippen molar-refractivity contribution in [2.45, 2.75) is 13.8 Å². The first-order valence-electron chi connectivity index (χ1n) is 7.58. The van der Waals surface area contributed by atoms with Gasteiger partial charge >= 0.3 is 5.97 Å². The molecule has 0 aliphatic carbocycles. The van der Waals surface area contributed by atoms with Crippen LogP contribution in [0.3, 0.4) is 0 Å². The SMILES string of the molecule is Cc1ccc(C)n1-c1ccsc1-c1cc2ncc(C(=O)O)c(N)n2n1. The molecule has 126 valence electrons. The minimum atomic E-state index is -1.13. The number of rotatable bonds is 3. The monoisotopic (exact) mass is 353 g/mol. The second kappa shape index (κ2) is 5.45. The van der Waals surface area contributed by atoms with E-state index in [1.807, 2.05) is 17.5 Å². The highest BCUT2D eigenvalue weighted by atomic mass is 32.1. The Balaban J connectivity index is 1.91. The zero-order valence-corrected chi connectivity index (χ0v) is 14.4. The van der Waals surface area contributed by atoms with Crippen LogP contribution in [0.1, 0.15) is 21.7 Å². The van der Waals surface area contributed by atoms with Gasteiger partial charge in [-0.15, -0.1) is 11.3 Å². The summed E-state index contributed by atoms with van der Waals surface area (Å²) >= 11 is 1.57. The summed E-state index contributed by atoms with van der Waals surface area (Å²) in [5, 5.41) is 15.7. The largest absolute Gasteiger partial charge is 0.477 e. The van der Waals surface area contributed by atoms with Crippen molar-refractivity contribution in [3.05, 3.63) is 52.8 Å². The van der Waals surface area contributed by atoms with Crippen molar-refractivity contribution >= 4 is 28.8 Å². The van der Waals surface area contributed by atoms with E-state index in [4.69, 9.17) is 5.73 Å². The molecular formula is C17H15N5O2S. The summed E-state index contributed by atoms with van der Waals surface area (Å²) in [7, 11) is 0. The number of hydrogen-bond acceptors (Lipinski definition) is 5. The molecule has 0 aliphatic rings. The molecular weight excluding hydrogens is 338 g/mol. The zero-order chi connectivity index (χ0) is 17.7. The Labute approximate surface area is 147 Å². The standard InChI is InChI=1S/C17H15N5O2S/c1-9-3-4-10(2)21(9)13-5-6-25-15(13)12-7-14-19-8-11(17(23)24)16(18)22(14)20-12/h3-8H,18H2,1-2H3,(H,23,24). The molecule has 0 atom stereocenters. The lowest BCUT2D eigenvalue weighted by molar-refractivity contribution is 0.0697. The molecule has 4 aromatic rings. The van der Waals surface area contributed by atoms with Crippen LogP contribution in [0.5, 0.6) is 0 Å². The number of nitrogens with zero attached hydrogens (tertiary/aromatic N) is 4. The maximum absolute atomic E-state index is 11.2. The number of carbonyl (C=O) groups is 1. The van der Waals surface area contributed by atoms with Gasteiger partial charge in [-0.25, -0.2) is 9.78 Å². The third-order valence-corrected chi connectivity index (χ3v) is 5.07. The van der Waals surface area contributed by atoms with Gasteiger partial charge in [0.25, 0.3) is 0 Å². The summed E-state index contributed by atoms with van der Waals surface area (Å²) in [6.07, 6.45) is 1.26. The van der Waals surface area contributed by atoms with Crippen molar-refractivity contribution < 1.29 is 9.90 Å². The Morgan fingerprint density at radius 1 is 1.24 bits per heavy atom. The van der Waals surface area contributed by atoms with Gasteiger partial charge in [-0.1, -0.05) is 0 Å². The molecule has 4 heterocycles. The number of nitrogen functional groups attached to an aromatic ring is 1. The molecule has 3 N–H and O–H groups in total. The number of anilines is 1. The summed E-state index contributed by atoms with van der Waals surface area (Å²) in [4.78, 5) is 16.4. The van der Waals surface area contributed by atoms with Gasteiger partial charge in [0.15, 0.2) is 5.65 Å². The van der Waals surface area contributed by atoms with Gasteiger partial charge in [-0.2, -0.15) is 9.61 Å². The fraction of sp³-hybridized carbons (Fsp3) is 0.118. The molecule has 4 aromatic heterocycles. The van der Waals surface area contributed by atoms with E-state index >= 15 is 0 Å². The van der Waals surface area contributed by atoms with E-state index in [-0.39, 0.29) is 11.4 Å². The Hall–Kier alpha value is -3.13. The minimum absolute atomic E-state index is 0.0642. The minimum Gasteiger partial charge on any atom is -0.477 e. The Bertz CT molecular complexity index is 1100. The molecule has 0 amide bonds. The first kappa shape index (κ1) is 15.4. The van der Waals surface area contributed by atoms with Gasteiger partial charge in [0, 0.05) is 23.7 Å². The lowest BCUT2D eigenvalue weighted by Gasteiger charge is -2.09. The molecule has 0 bridgehead atoms. The van der Waals surface area contributed by atoms with Gasteiger partial charge in [0.05, 0.1) is 10.6 Å². The van der Waals surface area contributed by atoms with Crippen molar-refractivity contribution in [3.8, 4) is 16.3 Å². The number of carboxylic acid groups (broad SMARTS) is 1. The molecule has 0 saturated carbocycles. The smallest absolute Gasteiger partial charge is 0.341 e. The fourth-order valence-electron chi connectivity index (χ4n) is 2.95. The lowest BCUT2D eigenvalue weighted by Crippen LogP contribution is -2.09. The van der Waals surface area contributed by atoms with Gasteiger partial charge in [0.1, 0.15) is 17.1 Å². The van der Waals surface area contributed by atoms with Crippen LogP contribution >= 0.6 is 11.3 Å². The lowest BCUT2D eigenvalue weighted by atomic mass is 10.3. The van der Waals surface area contributed by atoms with Crippen LogP contribution in [0, 0.1) is 13.8 Å². The van der Waals surface area contributed by atoms with Crippen molar-refractivity contribution in [2.24, 2.45) is 0 Å². The average molecular weight is 353 g/mol. The van der Waals surface area contributed by atoms with E-state index < -0.39 is 5.97 Å². The van der Waals surface area contributed by atoms with E-state index in [1.54, 1.807) is 11.3 Å². The van der Waals surface area contributed by atoms with Gasteiger partial charge in [-0.05, 0) is 37.4 Å².